The Bertz CT molecular complexity index is 516. The molecule has 1 saturated carbocycles. The third-order valence-electron chi connectivity index (χ3n) is 3.94. The van der Waals surface area contributed by atoms with Crippen LogP contribution in [0.25, 0.3) is 0 Å². The maximum Gasteiger partial charge on any atom is 0.335 e. The van der Waals surface area contributed by atoms with E-state index in [1.54, 1.807) is 19.1 Å². The van der Waals surface area contributed by atoms with Crippen molar-refractivity contribution in [3.05, 3.63) is 34.9 Å². The van der Waals surface area contributed by atoms with Gasteiger partial charge >= 0.3 is 5.97 Å². The highest BCUT2D eigenvalue weighted by Crippen LogP contribution is 2.23. The molecule has 1 aromatic carbocycles. The lowest BCUT2D eigenvalue weighted by molar-refractivity contribution is 0.0696. The number of benzene rings is 1. The second-order valence-corrected chi connectivity index (χ2v) is 5.82. The van der Waals surface area contributed by atoms with Gasteiger partial charge < -0.3 is 10.4 Å². The fraction of sp³-hybridized carbons (Fsp3) is 0.500. The summed E-state index contributed by atoms with van der Waals surface area (Å²) in [6, 6.07) is 4.96. The minimum absolute atomic E-state index is 0.160. The molecule has 2 rings (SSSR count). The van der Waals surface area contributed by atoms with Gasteiger partial charge in [0.1, 0.15) is 0 Å². The second-order valence-electron chi connectivity index (χ2n) is 5.82. The molecule has 0 unspecified atom stereocenters. The average Bonchev–Trinajstić information content (AvgIpc) is 2.40. The lowest BCUT2D eigenvalue weighted by Crippen LogP contribution is -2.37. The monoisotopic (exact) mass is 275 g/mol. The molecule has 108 valence electrons. The van der Waals surface area contributed by atoms with Crippen LogP contribution in [-0.2, 0) is 0 Å². The Morgan fingerprint density at radius 3 is 2.30 bits per heavy atom. The Morgan fingerprint density at radius 2 is 1.70 bits per heavy atom. The van der Waals surface area contributed by atoms with E-state index in [4.69, 9.17) is 5.11 Å². The number of carboxylic acids is 1. The molecule has 20 heavy (non-hydrogen) atoms. The summed E-state index contributed by atoms with van der Waals surface area (Å²) in [5.41, 5.74) is 1.38. The molecule has 0 heterocycles. The first kappa shape index (κ1) is 14.6. The molecular formula is C16H21NO3. The van der Waals surface area contributed by atoms with E-state index in [1.165, 1.54) is 6.07 Å². The summed E-state index contributed by atoms with van der Waals surface area (Å²) < 4.78 is 0. The molecule has 4 heteroatoms. The third-order valence-corrected chi connectivity index (χ3v) is 3.94. The Kier molecular flexibility index (Phi) is 4.42. The number of carboxylic acid groups (broad SMARTS) is 1. The fourth-order valence-electron chi connectivity index (χ4n) is 2.71. The number of aromatic carboxylic acids is 1. The normalized spacial score (nSPS) is 22.3. The van der Waals surface area contributed by atoms with Crippen molar-refractivity contribution in [2.24, 2.45) is 5.92 Å². The van der Waals surface area contributed by atoms with E-state index in [2.05, 4.69) is 12.2 Å². The predicted octanol–water partition coefficient (Wildman–Crippen LogP) is 3.00. The second kappa shape index (κ2) is 6.07. The van der Waals surface area contributed by atoms with Gasteiger partial charge in [0.05, 0.1) is 5.56 Å². The van der Waals surface area contributed by atoms with Crippen LogP contribution in [0.3, 0.4) is 0 Å². The van der Waals surface area contributed by atoms with Gasteiger partial charge in [0.25, 0.3) is 5.91 Å². The lowest BCUT2D eigenvalue weighted by atomic mass is 9.87. The van der Waals surface area contributed by atoms with E-state index in [0.717, 1.165) is 37.2 Å². The van der Waals surface area contributed by atoms with Gasteiger partial charge in [-0.15, -0.1) is 0 Å². The van der Waals surface area contributed by atoms with E-state index >= 15 is 0 Å². The molecule has 0 aliphatic heterocycles. The molecular weight excluding hydrogens is 254 g/mol. The maximum absolute atomic E-state index is 12.2. The van der Waals surface area contributed by atoms with E-state index in [1.807, 2.05) is 0 Å². The number of carbonyl (C=O) groups excluding carboxylic acids is 1. The molecule has 1 aliphatic rings. The Morgan fingerprint density at radius 1 is 1.10 bits per heavy atom. The van der Waals surface area contributed by atoms with Crippen LogP contribution in [0, 0.1) is 12.8 Å². The highest BCUT2D eigenvalue weighted by atomic mass is 16.4. The van der Waals surface area contributed by atoms with Gasteiger partial charge in [-0.1, -0.05) is 6.92 Å². The van der Waals surface area contributed by atoms with Gasteiger partial charge in [-0.25, -0.2) is 4.79 Å². The molecule has 1 aromatic rings. The smallest absolute Gasteiger partial charge is 0.335 e. The standard InChI is InChI=1S/C16H21NO3/c1-10-3-5-14(6-4-10)17-15(18)12-7-11(2)8-13(9-12)16(19)20/h7-10,14H,3-6H2,1-2H3,(H,17,18)(H,19,20). The average molecular weight is 275 g/mol. The van der Waals surface area contributed by atoms with Crippen molar-refractivity contribution < 1.29 is 14.7 Å². The molecule has 1 amide bonds. The Labute approximate surface area is 119 Å². The largest absolute Gasteiger partial charge is 0.478 e. The minimum atomic E-state index is -1.01. The summed E-state index contributed by atoms with van der Waals surface area (Å²) in [7, 11) is 0. The Hall–Kier alpha value is -1.84. The van der Waals surface area contributed by atoms with Gasteiger partial charge in [-0.3, -0.25) is 4.79 Å². The number of hydrogen-bond donors (Lipinski definition) is 2. The molecule has 0 bridgehead atoms. The highest BCUT2D eigenvalue weighted by Gasteiger charge is 2.20. The van der Waals surface area contributed by atoms with E-state index in [0.29, 0.717) is 5.56 Å². The van der Waals surface area contributed by atoms with E-state index in [9.17, 15) is 9.59 Å². The third kappa shape index (κ3) is 3.59. The molecule has 0 radical (unpaired) electrons. The molecule has 1 fully saturated rings. The zero-order chi connectivity index (χ0) is 14.7. The quantitative estimate of drug-likeness (QED) is 0.891. The first-order chi connectivity index (χ1) is 9.45. The molecule has 0 spiro atoms. The number of amides is 1. The van der Waals surface area contributed by atoms with Crippen LogP contribution in [0.5, 0.6) is 0 Å². The molecule has 4 nitrogen and oxygen atoms in total. The Balaban J connectivity index is 2.07. The number of aryl methyl sites for hydroxylation is 1. The molecule has 2 N–H and O–H groups in total. The molecule has 0 saturated heterocycles. The summed E-state index contributed by atoms with van der Waals surface area (Å²) in [4.78, 5) is 23.2. The predicted molar refractivity (Wildman–Crippen MR) is 77.0 cm³/mol. The first-order valence-corrected chi connectivity index (χ1v) is 7.11. The van der Waals surface area contributed by atoms with Crippen molar-refractivity contribution in [3.63, 3.8) is 0 Å². The summed E-state index contributed by atoms with van der Waals surface area (Å²) in [5.74, 6) is -0.439. The topological polar surface area (TPSA) is 66.4 Å². The molecule has 1 aliphatic carbocycles. The van der Waals surface area contributed by atoms with Crippen molar-refractivity contribution in [2.75, 3.05) is 0 Å². The first-order valence-electron chi connectivity index (χ1n) is 7.11. The van der Waals surface area contributed by atoms with Crippen LogP contribution >= 0.6 is 0 Å². The van der Waals surface area contributed by atoms with Gasteiger partial charge in [-0.2, -0.15) is 0 Å². The lowest BCUT2D eigenvalue weighted by Gasteiger charge is -2.27. The highest BCUT2D eigenvalue weighted by molar-refractivity contribution is 5.97. The minimum Gasteiger partial charge on any atom is -0.478 e. The summed E-state index contributed by atoms with van der Waals surface area (Å²) >= 11 is 0. The van der Waals surface area contributed by atoms with Gasteiger partial charge in [0.15, 0.2) is 0 Å². The zero-order valence-corrected chi connectivity index (χ0v) is 12.0. The van der Waals surface area contributed by atoms with E-state index < -0.39 is 5.97 Å². The van der Waals surface area contributed by atoms with Crippen LogP contribution in [0.4, 0.5) is 0 Å². The van der Waals surface area contributed by atoms with Crippen LogP contribution in [0.15, 0.2) is 18.2 Å². The summed E-state index contributed by atoms with van der Waals surface area (Å²) in [6.45, 7) is 4.03. The fourth-order valence-corrected chi connectivity index (χ4v) is 2.71. The maximum atomic E-state index is 12.2. The molecule has 0 atom stereocenters. The van der Waals surface area contributed by atoms with Crippen molar-refractivity contribution in [1.82, 2.24) is 5.32 Å². The van der Waals surface area contributed by atoms with Crippen LogP contribution in [0.2, 0.25) is 0 Å². The summed E-state index contributed by atoms with van der Waals surface area (Å²) in [6.07, 6.45) is 4.29. The van der Waals surface area contributed by atoms with E-state index in [-0.39, 0.29) is 17.5 Å². The number of carbonyl (C=O) groups is 2. The molecule has 0 aromatic heterocycles. The SMILES string of the molecule is Cc1cc(C(=O)O)cc(C(=O)NC2CCC(C)CC2)c1. The number of hydrogen-bond acceptors (Lipinski definition) is 2. The van der Waals surface area contributed by atoms with Crippen LogP contribution in [-0.4, -0.2) is 23.0 Å². The van der Waals surface area contributed by atoms with Crippen molar-refractivity contribution in [1.29, 1.82) is 0 Å². The van der Waals surface area contributed by atoms with Crippen LogP contribution in [0.1, 0.15) is 58.9 Å². The van der Waals surface area contributed by atoms with Crippen molar-refractivity contribution in [2.45, 2.75) is 45.6 Å². The van der Waals surface area contributed by atoms with Gasteiger partial charge in [0, 0.05) is 11.6 Å². The summed E-state index contributed by atoms with van der Waals surface area (Å²) in [5, 5.41) is 12.1. The number of rotatable bonds is 3. The number of nitrogens with one attached hydrogen (secondary N) is 1. The van der Waals surface area contributed by atoms with Crippen molar-refractivity contribution >= 4 is 11.9 Å². The van der Waals surface area contributed by atoms with Crippen molar-refractivity contribution in [3.8, 4) is 0 Å². The van der Waals surface area contributed by atoms with Gasteiger partial charge in [-0.05, 0) is 62.3 Å². The van der Waals surface area contributed by atoms with Crippen LogP contribution < -0.4 is 5.32 Å². The zero-order valence-electron chi connectivity index (χ0n) is 12.0. The van der Waals surface area contributed by atoms with Gasteiger partial charge in [0.2, 0.25) is 0 Å².